The molecule has 1 aliphatic rings. The lowest BCUT2D eigenvalue weighted by molar-refractivity contribution is -0.113. The Bertz CT molecular complexity index is 1280. The number of carbonyl (C=O) groups excluding carboxylic acids is 2. The molecule has 4 rings (SSSR count). The summed E-state index contributed by atoms with van der Waals surface area (Å²) in [5, 5.41) is 3.77. The van der Waals surface area contributed by atoms with Gasteiger partial charge in [-0.25, -0.2) is 9.69 Å². The summed E-state index contributed by atoms with van der Waals surface area (Å²) in [6.07, 6.45) is 1.54. The van der Waals surface area contributed by atoms with Crippen LogP contribution < -0.4 is 19.7 Å². The van der Waals surface area contributed by atoms with Crippen LogP contribution in [-0.4, -0.2) is 18.5 Å². The van der Waals surface area contributed by atoms with E-state index in [1.165, 1.54) is 0 Å². The molecule has 0 aromatic heterocycles. The molecule has 0 spiro atoms. The quantitative estimate of drug-likeness (QED) is 0.279. The minimum atomic E-state index is -0.528. The second kappa shape index (κ2) is 10.4. The number of para-hydroxylation sites is 1. The van der Waals surface area contributed by atoms with Crippen molar-refractivity contribution in [3.05, 3.63) is 92.6 Å². The average molecular weight is 518 g/mol. The van der Waals surface area contributed by atoms with Gasteiger partial charge in [0.2, 0.25) is 0 Å². The zero-order valence-corrected chi connectivity index (χ0v) is 20.2. The van der Waals surface area contributed by atoms with Crippen LogP contribution in [0, 0.1) is 0 Å². The summed E-state index contributed by atoms with van der Waals surface area (Å²) >= 11 is 18.5. The first-order chi connectivity index (χ1) is 16.4. The second-order valence-corrected chi connectivity index (χ2v) is 8.49. The molecule has 1 saturated heterocycles. The molecule has 0 saturated carbocycles. The zero-order chi connectivity index (χ0) is 24.2. The summed E-state index contributed by atoms with van der Waals surface area (Å²) in [5.74, 6) is 0.285. The van der Waals surface area contributed by atoms with Gasteiger partial charge >= 0.3 is 6.03 Å². The van der Waals surface area contributed by atoms with Crippen molar-refractivity contribution >= 4 is 58.5 Å². The van der Waals surface area contributed by atoms with Gasteiger partial charge in [-0.1, -0.05) is 59.1 Å². The van der Waals surface area contributed by atoms with Crippen molar-refractivity contribution in [3.8, 4) is 11.5 Å². The maximum absolute atomic E-state index is 12.9. The third kappa shape index (κ3) is 5.14. The Balaban J connectivity index is 1.59. The van der Waals surface area contributed by atoms with Crippen molar-refractivity contribution in [1.82, 2.24) is 5.32 Å². The molecule has 0 aliphatic carbocycles. The summed E-state index contributed by atoms with van der Waals surface area (Å²) in [4.78, 5) is 26.3. The molecular formula is C25H19Cl3N2O4. The lowest BCUT2D eigenvalue weighted by Crippen LogP contribution is -2.30. The van der Waals surface area contributed by atoms with Gasteiger partial charge in [-0.2, -0.15) is 0 Å². The monoisotopic (exact) mass is 516 g/mol. The molecule has 9 heteroatoms. The molecule has 1 N–H and O–H groups in total. The first kappa shape index (κ1) is 24.0. The molecule has 0 atom stereocenters. The predicted octanol–water partition coefficient (Wildman–Crippen LogP) is 6.72. The highest BCUT2D eigenvalue weighted by Crippen LogP contribution is 2.38. The van der Waals surface area contributed by atoms with Crippen LogP contribution in [0.1, 0.15) is 18.1 Å². The number of hydrogen-bond donors (Lipinski definition) is 1. The number of rotatable bonds is 7. The number of ether oxygens (including phenoxy) is 2. The van der Waals surface area contributed by atoms with Gasteiger partial charge in [-0.05, 0) is 60.5 Å². The van der Waals surface area contributed by atoms with Crippen molar-refractivity contribution < 1.29 is 19.1 Å². The minimum Gasteiger partial charge on any atom is -0.490 e. The van der Waals surface area contributed by atoms with E-state index in [-0.39, 0.29) is 17.3 Å². The molecule has 34 heavy (non-hydrogen) atoms. The number of hydrogen-bond acceptors (Lipinski definition) is 4. The lowest BCUT2D eigenvalue weighted by atomic mass is 10.1. The number of benzene rings is 3. The van der Waals surface area contributed by atoms with E-state index in [1.54, 1.807) is 66.7 Å². The maximum atomic E-state index is 12.9. The topological polar surface area (TPSA) is 67.9 Å². The van der Waals surface area contributed by atoms with Crippen molar-refractivity contribution in [2.75, 3.05) is 11.5 Å². The van der Waals surface area contributed by atoms with Crippen LogP contribution in [0.3, 0.4) is 0 Å². The average Bonchev–Trinajstić information content (AvgIpc) is 3.09. The molecule has 0 bridgehead atoms. The van der Waals surface area contributed by atoms with Crippen molar-refractivity contribution in [2.45, 2.75) is 13.5 Å². The third-order valence-electron chi connectivity index (χ3n) is 4.90. The number of urea groups is 1. The molecule has 174 valence electrons. The Hall–Kier alpha value is -3.19. The van der Waals surface area contributed by atoms with E-state index >= 15 is 0 Å². The van der Waals surface area contributed by atoms with Gasteiger partial charge in [0.15, 0.2) is 11.5 Å². The third-order valence-corrected chi connectivity index (χ3v) is 5.92. The SMILES string of the molecule is CCOc1cc(/C=C2/NC(=O)N(c3ccccc3)C2=O)cc(Cl)c1OCc1ccc(Cl)c(Cl)c1. The zero-order valence-electron chi connectivity index (χ0n) is 18.0. The van der Waals surface area contributed by atoms with Crippen LogP contribution >= 0.6 is 34.8 Å². The van der Waals surface area contributed by atoms with Crippen molar-refractivity contribution in [1.29, 1.82) is 0 Å². The van der Waals surface area contributed by atoms with E-state index in [2.05, 4.69) is 5.32 Å². The fourth-order valence-corrected chi connectivity index (χ4v) is 3.97. The molecule has 0 radical (unpaired) electrons. The number of amides is 3. The van der Waals surface area contributed by atoms with Gasteiger partial charge in [0.1, 0.15) is 12.3 Å². The van der Waals surface area contributed by atoms with Crippen LogP contribution in [0.15, 0.2) is 66.4 Å². The highest BCUT2D eigenvalue weighted by atomic mass is 35.5. The van der Waals surface area contributed by atoms with Gasteiger partial charge < -0.3 is 14.8 Å². The van der Waals surface area contributed by atoms with Gasteiger partial charge in [-0.15, -0.1) is 0 Å². The van der Waals surface area contributed by atoms with E-state index in [0.29, 0.717) is 39.4 Å². The largest absolute Gasteiger partial charge is 0.490 e. The Labute approximate surface area is 211 Å². The molecule has 3 aromatic rings. The number of carbonyl (C=O) groups is 2. The van der Waals surface area contributed by atoms with Crippen LogP contribution in [0.5, 0.6) is 11.5 Å². The normalized spacial score (nSPS) is 14.5. The number of anilines is 1. The van der Waals surface area contributed by atoms with Gasteiger partial charge in [0, 0.05) is 0 Å². The van der Waals surface area contributed by atoms with Gasteiger partial charge in [-0.3, -0.25) is 4.79 Å². The van der Waals surface area contributed by atoms with Gasteiger partial charge in [0.25, 0.3) is 5.91 Å². The smallest absolute Gasteiger partial charge is 0.333 e. The molecular weight excluding hydrogens is 499 g/mol. The summed E-state index contributed by atoms with van der Waals surface area (Å²) in [5.41, 5.74) is 1.97. The fourth-order valence-electron chi connectivity index (χ4n) is 3.37. The lowest BCUT2D eigenvalue weighted by Gasteiger charge is -2.15. The molecule has 3 amide bonds. The number of halogens is 3. The summed E-state index contributed by atoms with van der Waals surface area (Å²) in [7, 11) is 0. The predicted molar refractivity (Wildman–Crippen MR) is 134 cm³/mol. The Morgan fingerprint density at radius 2 is 1.68 bits per heavy atom. The van der Waals surface area contributed by atoms with Crippen LogP contribution in [0.2, 0.25) is 15.1 Å². The van der Waals surface area contributed by atoms with Crippen molar-refractivity contribution in [2.24, 2.45) is 0 Å². The summed E-state index contributed by atoms with van der Waals surface area (Å²) in [6, 6.07) is 16.7. The van der Waals surface area contributed by atoms with Crippen molar-refractivity contribution in [3.63, 3.8) is 0 Å². The summed E-state index contributed by atoms with van der Waals surface area (Å²) in [6.45, 7) is 2.40. The highest BCUT2D eigenvalue weighted by Gasteiger charge is 2.34. The number of nitrogens with one attached hydrogen (secondary N) is 1. The maximum Gasteiger partial charge on any atom is 0.333 e. The highest BCUT2D eigenvalue weighted by molar-refractivity contribution is 6.42. The molecule has 3 aromatic carbocycles. The molecule has 1 heterocycles. The van der Waals surface area contributed by atoms with Crippen LogP contribution in [0.25, 0.3) is 6.08 Å². The second-order valence-electron chi connectivity index (χ2n) is 7.26. The first-order valence-corrected chi connectivity index (χ1v) is 11.5. The summed E-state index contributed by atoms with van der Waals surface area (Å²) < 4.78 is 11.6. The standard InChI is InChI=1S/C25H19Cl3N2O4/c1-2-33-22-13-16(11-20(28)23(22)34-14-15-8-9-18(26)19(27)10-15)12-21-24(31)30(25(32)29-21)17-6-4-3-5-7-17/h3-13H,2,14H2,1H3,(H,29,32)/b21-12+. The van der Waals surface area contributed by atoms with Gasteiger partial charge in [0.05, 0.1) is 27.4 Å². The van der Waals surface area contributed by atoms with Crippen LogP contribution in [-0.2, 0) is 11.4 Å². The molecule has 6 nitrogen and oxygen atoms in total. The minimum absolute atomic E-state index is 0.122. The van der Waals surface area contributed by atoms with E-state index in [4.69, 9.17) is 44.3 Å². The Morgan fingerprint density at radius 1 is 0.912 bits per heavy atom. The van der Waals surface area contributed by atoms with E-state index in [9.17, 15) is 9.59 Å². The number of imide groups is 1. The fraction of sp³-hybridized carbons (Fsp3) is 0.120. The molecule has 1 aliphatic heterocycles. The van der Waals surface area contributed by atoms with E-state index in [0.717, 1.165) is 10.5 Å². The molecule has 0 unspecified atom stereocenters. The Kier molecular flexibility index (Phi) is 7.32. The Morgan fingerprint density at radius 3 is 2.38 bits per heavy atom. The first-order valence-electron chi connectivity index (χ1n) is 10.3. The number of nitrogens with zero attached hydrogens (tertiary/aromatic N) is 1. The molecule has 1 fully saturated rings. The van der Waals surface area contributed by atoms with E-state index in [1.807, 2.05) is 6.92 Å². The van der Waals surface area contributed by atoms with Crippen LogP contribution in [0.4, 0.5) is 10.5 Å². The van der Waals surface area contributed by atoms with E-state index < -0.39 is 11.9 Å².